The lowest BCUT2D eigenvalue weighted by molar-refractivity contribution is -0.134. The molecule has 2 saturated carbocycles. The molecular formula is C29H55N3O. The molecule has 3 fully saturated rings. The maximum absolute atomic E-state index is 13.3. The van der Waals surface area contributed by atoms with Crippen molar-refractivity contribution in [3.05, 3.63) is 0 Å². The number of hydrogen-bond donors (Lipinski definition) is 1. The molecule has 1 heterocycles. The van der Waals surface area contributed by atoms with Gasteiger partial charge in [0.1, 0.15) is 0 Å². The summed E-state index contributed by atoms with van der Waals surface area (Å²) >= 11 is 0. The van der Waals surface area contributed by atoms with Gasteiger partial charge in [-0.25, -0.2) is 0 Å². The van der Waals surface area contributed by atoms with Crippen molar-refractivity contribution >= 4 is 5.91 Å². The van der Waals surface area contributed by atoms with Gasteiger partial charge in [0.15, 0.2) is 0 Å². The summed E-state index contributed by atoms with van der Waals surface area (Å²) in [5.74, 6) is 2.32. The monoisotopic (exact) mass is 461 g/mol. The fourth-order valence-corrected chi connectivity index (χ4v) is 7.71. The van der Waals surface area contributed by atoms with Gasteiger partial charge < -0.3 is 10.6 Å². The maximum atomic E-state index is 13.3. The highest BCUT2D eigenvalue weighted by atomic mass is 16.1. The van der Waals surface area contributed by atoms with E-state index in [9.17, 15) is 4.79 Å². The Morgan fingerprint density at radius 2 is 1.36 bits per heavy atom. The minimum atomic E-state index is -0.336. The van der Waals surface area contributed by atoms with E-state index in [4.69, 9.17) is 5.73 Å². The van der Waals surface area contributed by atoms with Gasteiger partial charge in [-0.05, 0) is 123 Å². The summed E-state index contributed by atoms with van der Waals surface area (Å²) in [6, 6.07) is 0.999. The summed E-state index contributed by atoms with van der Waals surface area (Å²) < 4.78 is 0. The van der Waals surface area contributed by atoms with Gasteiger partial charge in [0.25, 0.3) is 0 Å². The van der Waals surface area contributed by atoms with Crippen LogP contribution in [0.4, 0.5) is 0 Å². The molecule has 1 saturated heterocycles. The van der Waals surface area contributed by atoms with Crippen LogP contribution in [-0.4, -0.2) is 54.0 Å². The van der Waals surface area contributed by atoms with Crippen LogP contribution in [0.15, 0.2) is 0 Å². The van der Waals surface area contributed by atoms with Gasteiger partial charge in [-0.2, -0.15) is 0 Å². The number of piperidine rings is 1. The first-order valence-electron chi connectivity index (χ1n) is 14.6. The molecule has 0 radical (unpaired) electrons. The number of primary amides is 1. The molecule has 0 spiro atoms. The Balaban J connectivity index is 1.71. The Morgan fingerprint density at radius 3 is 1.91 bits per heavy atom. The molecule has 33 heavy (non-hydrogen) atoms. The second-order valence-electron chi connectivity index (χ2n) is 12.4. The van der Waals surface area contributed by atoms with Crippen LogP contribution >= 0.6 is 0 Å². The van der Waals surface area contributed by atoms with E-state index in [0.717, 1.165) is 37.8 Å². The van der Waals surface area contributed by atoms with Gasteiger partial charge in [-0.3, -0.25) is 9.69 Å². The SMILES string of the molecule is CC(C)N(CCC(CCN1CCCCC1)(C(N)=O)C1CCC(C2CCCCC2)CC1)C(C)C. The van der Waals surface area contributed by atoms with Crippen molar-refractivity contribution < 1.29 is 4.79 Å². The predicted octanol–water partition coefficient (Wildman–Crippen LogP) is 6.23. The van der Waals surface area contributed by atoms with Crippen molar-refractivity contribution in [2.75, 3.05) is 26.2 Å². The number of carbonyl (C=O) groups excluding carboxylic acids is 1. The Bertz CT molecular complexity index is 563. The second kappa shape index (κ2) is 12.9. The molecule has 1 unspecified atom stereocenters. The van der Waals surface area contributed by atoms with Crippen LogP contribution in [0.5, 0.6) is 0 Å². The molecule has 4 heteroatoms. The molecule has 3 aliphatic rings. The molecule has 0 aromatic carbocycles. The van der Waals surface area contributed by atoms with E-state index in [1.54, 1.807) is 0 Å². The van der Waals surface area contributed by atoms with E-state index in [2.05, 4.69) is 37.5 Å². The normalized spacial score (nSPS) is 27.8. The number of likely N-dealkylation sites (tertiary alicyclic amines) is 1. The number of nitrogens with zero attached hydrogens (tertiary/aromatic N) is 2. The fraction of sp³-hybridized carbons (Fsp3) is 0.966. The average Bonchev–Trinajstić information content (AvgIpc) is 2.82. The molecular weight excluding hydrogens is 406 g/mol. The van der Waals surface area contributed by atoms with E-state index < -0.39 is 0 Å². The van der Waals surface area contributed by atoms with E-state index in [1.807, 2.05) is 0 Å². The molecule has 0 bridgehead atoms. The molecule has 2 aliphatic carbocycles. The highest BCUT2D eigenvalue weighted by Crippen LogP contribution is 2.48. The number of amides is 1. The van der Waals surface area contributed by atoms with Gasteiger partial charge in [-0.15, -0.1) is 0 Å². The smallest absolute Gasteiger partial charge is 0.224 e. The number of hydrogen-bond acceptors (Lipinski definition) is 3. The zero-order valence-corrected chi connectivity index (χ0v) is 22.5. The largest absolute Gasteiger partial charge is 0.369 e. The first-order valence-corrected chi connectivity index (χ1v) is 14.6. The number of nitrogens with two attached hydrogens (primary N) is 1. The Morgan fingerprint density at radius 1 is 0.818 bits per heavy atom. The standard InChI is InChI=1S/C29H55N3O/c1-23(2)32(24(3)4)22-18-29(28(30)33,17-21-31-19-9-6-10-20-31)27-15-13-26(14-16-27)25-11-7-5-8-12-25/h23-27H,5-22H2,1-4H3,(H2,30,33). The molecule has 0 aromatic heterocycles. The highest BCUT2D eigenvalue weighted by molar-refractivity contribution is 5.81. The summed E-state index contributed by atoms with van der Waals surface area (Å²) in [7, 11) is 0. The van der Waals surface area contributed by atoms with Crippen molar-refractivity contribution in [3.63, 3.8) is 0 Å². The third kappa shape index (κ3) is 7.19. The zero-order chi connectivity index (χ0) is 23.8. The first-order chi connectivity index (χ1) is 15.8. The Kier molecular flexibility index (Phi) is 10.6. The van der Waals surface area contributed by atoms with E-state index >= 15 is 0 Å². The molecule has 0 aromatic rings. The van der Waals surface area contributed by atoms with E-state index in [1.165, 1.54) is 90.1 Å². The van der Waals surface area contributed by atoms with Crippen LogP contribution in [0.1, 0.15) is 118 Å². The highest BCUT2D eigenvalue weighted by Gasteiger charge is 2.46. The molecule has 192 valence electrons. The van der Waals surface area contributed by atoms with Crippen LogP contribution in [0.2, 0.25) is 0 Å². The van der Waals surface area contributed by atoms with Crippen LogP contribution in [0.25, 0.3) is 0 Å². The van der Waals surface area contributed by atoms with Crippen LogP contribution in [0.3, 0.4) is 0 Å². The molecule has 1 atom stereocenters. The summed E-state index contributed by atoms with van der Waals surface area (Å²) in [4.78, 5) is 18.5. The van der Waals surface area contributed by atoms with Crippen LogP contribution in [0, 0.1) is 23.2 Å². The summed E-state index contributed by atoms with van der Waals surface area (Å²) in [5.41, 5.74) is 6.02. The van der Waals surface area contributed by atoms with Crippen molar-refractivity contribution in [1.82, 2.24) is 9.80 Å². The fourth-order valence-electron chi connectivity index (χ4n) is 7.71. The minimum absolute atomic E-state index is 0.00640. The minimum Gasteiger partial charge on any atom is -0.369 e. The van der Waals surface area contributed by atoms with Gasteiger partial charge in [0.2, 0.25) is 5.91 Å². The topological polar surface area (TPSA) is 49.6 Å². The van der Waals surface area contributed by atoms with E-state index in [0.29, 0.717) is 18.0 Å². The maximum Gasteiger partial charge on any atom is 0.224 e. The van der Waals surface area contributed by atoms with Crippen molar-refractivity contribution in [3.8, 4) is 0 Å². The van der Waals surface area contributed by atoms with Gasteiger partial charge in [-0.1, -0.05) is 38.5 Å². The summed E-state index contributed by atoms with van der Waals surface area (Å²) in [6.07, 6.45) is 18.2. The lowest BCUT2D eigenvalue weighted by atomic mass is 9.61. The number of rotatable bonds is 11. The van der Waals surface area contributed by atoms with Gasteiger partial charge >= 0.3 is 0 Å². The summed E-state index contributed by atoms with van der Waals surface area (Å²) in [6.45, 7) is 13.6. The van der Waals surface area contributed by atoms with Crippen molar-refractivity contribution in [2.24, 2.45) is 28.9 Å². The predicted molar refractivity (Wildman–Crippen MR) is 140 cm³/mol. The average molecular weight is 462 g/mol. The molecule has 1 amide bonds. The Hall–Kier alpha value is -0.610. The van der Waals surface area contributed by atoms with Crippen LogP contribution in [-0.2, 0) is 4.79 Å². The summed E-state index contributed by atoms with van der Waals surface area (Å²) in [5, 5.41) is 0. The van der Waals surface area contributed by atoms with Gasteiger partial charge in [0.05, 0.1) is 5.41 Å². The Labute approximate surface area is 205 Å². The molecule has 4 nitrogen and oxygen atoms in total. The van der Waals surface area contributed by atoms with Crippen molar-refractivity contribution in [2.45, 2.75) is 130 Å². The quantitative estimate of drug-likeness (QED) is 0.397. The lowest BCUT2D eigenvalue weighted by Crippen LogP contribution is -2.50. The number of carbonyl (C=O) groups is 1. The van der Waals surface area contributed by atoms with Crippen molar-refractivity contribution in [1.29, 1.82) is 0 Å². The first kappa shape index (κ1) is 27.0. The third-order valence-corrected chi connectivity index (χ3v) is 9.83. The van der Waals surface area contributed by atoms with E-state index in [-0.39, 0.29) is 11.3 Å². The van der Waals surface area contributed by atoms with Crippen LogP contribution < -0.4 is 5.73 Å². The third-order valence-electron chi connectivity index (χ3n) is 9.83. The molecule has 3 rings (SSSR count). The lowest BCUT2D eigenvalue weighted by Gasteiger charge is -2.46. The zero-order valence-electron chi connectivity index (χ0n) is 22.5. The van der Waals surface area contributed by atoms with Gasteiger partial charge in [0, 0.05) is 12.1 Å². The molecule has 1 aliphatic heterocycles. The second-order valence-corrected chi connectivity index (χ2v) is 12.4. The molecule has 2 N–H and O–H groups in total.